The highest BCUT2D eigenvalue weighted by Gasteiger charge is 2.52. The van der Waals surface area contributed by atoms with Gasteiger partial charge in [-0.2, -0.15) is 0 Å². The smallest absolute Gasteiger partial charge is 0.494 e. The Labute approximate surface area is 599 Å². The number of hydrogen-bond acceptors (Lipinski definition) is 15. The van der Waals surface area contributed by atoms with Crippen molar-refractivity contribution in [3.8, 4) is 40.0 Å². The molecule has 0 atom stereocenters. The van der Waals surface area contributed by atoms with Crippen molar-refractivity contribution in [2.24, 2.45) is 0 Å². The molecule has 6 heterocycles. The van der Waals surface area contributed by atoms with Gasteiger partial charge in [0.2, 0.25) is 0 Å². The third kappa shape index (κ3) is 24.9. The molecule has 2 aromatic heterocycles. The number of phenols is 1. The minimum absolute atomic E-state index is 0. The minimum atomic E-state index is -1.51. The normalized spacial score (nSPS) is 16.3. The molecule has 4 aliphatic rings. The van der Waals surface area contributed by atoms with Gasteiger partial charge in [0.1, 0.15) is 62.2 Å². The molecule has 8 aromatic rings. The van der Waals surface area contributed by atoms with Crippen LogP contribution in [0.3, 0.4) is 0 Å². The maximum atomic E-state index is 13.0. The summed E-state index contributed by atoms with van der Waals surface area (Å²) in [6.45, 7) is 22.9. The summed E-state index contributed by atoms with van der Waals surface area (Å²) >= 11 is 3.29. The first-order valence-electron chi connectivity index (χ1n) is 33.5. The Balaban J connectivity index is 0.000000204. The summed E-state index contributed by atoms with van der Waals surface area (Å²) in [5.74, 6) is 2.02. The summed E-state index contributed by atoms with van der Waals surface area (Å²) in [6, 6.07) is 49.8. The zero-order valence-electron chi connectivity index (χ0n) is 57.3. The summed E-state index contributed by atoms with van der Waals surface area (Å²) in [6.07, 6.45) is 10.8. The standard InChI is InChI=1S/C26H27FN2O2.C18H20BFO3.C14H19BrN2O.C12H17BO3.C6H6BFO2.2CH4/c27-21-11-15-23(16-12-21)31-22-13-9-20(10-14-22)24-6-4-7-25(28-24)26(30)8-5-19-29-17-2-1-3-18-29;1-17(2)18(3,4)23-19(22-17)13-5-9-15(10-6-13)21-16-11-7-14(20)8-12-16;15-14-8-4-6-12(16-14)13(18)7-5-11-17-9-2-1-3-10-17;1-11(2)12(3,4)16-13(15-11)9-5-7-10(14)8-6-9;8-6-3-1-5(2-4-6)7(9)10;;/h4,6-7,9-16H,1-3,5,8,17-19H2;5-12H,1-4H3;4,6,8H,1-3,5,7,9-11H2;5-8,14H,1-4H3;1-4,9-10H;2*1H4. The van der Waals surface area contributed by atoms with E-state index in [4.69, 9.17) is 38.1 Å². The molecule has 0 spiro atoms. The van der Waals surface area contributed by atoms with Crippen molar-refractivity contribution in [3.63, 3.8) is 0 Å². The van der Waals surface area contributed by atoms with E-state index >= 15 is 0 Å². The van der Waals surface area contributed by atoms with E-state index in [-0.39, 0.29) is 86.3 Å². The highest BCUT2D eigenvalue weighted by molar-refractivity contribution is 9.10. The van der Waals surface area contributed by atoms with E-state index in [2.05, 4.69) is 35.7 Å². The molecule has 4 fully saturated rings. The fraction of sp³-hybridized carbons (Fsp3) is 0.385. The van der Waals surface area contributed by atoms with Crippen LogP contribution in [-0.2, 0) is 18.6 Å². The van der Waals surface area contributed by atoms with Gasteiger partial charge >= 0.3 is 21.4 Å². The van der Waals surface area contributed by atoms with Crippen LogP contribution in [0.5, 0.6) is 28.7 Å². The Morgan fingerprint density at radius 1 is 0.480 bits per heavy atom. The number of aromatic nitrogens is 2. The van der Waals surface area contributed by atoms with Crippen LogP contribution in [0, 0.1) is 17.5 Å². The van der Waals surface area contributed by atoms with Crippen LogP contribution >= 0.6 is 15.9 Å². The number of phenolic OH excluding ortho intramolecular Hbond substituents is 1. The largest absolute Gasteiger partial charge is 0.508 e. The number of rotatable bonds is 18. The summed E-state index contributed by atoms with van der Waals surface area (Å²) in [5, 5.41) is 26.3. The summed E-state index contributed by atoms with van der Waals surface area (Å²) in [4.78, 5) is 38.3. The van der Waals surface area contributed by atoms with Crippen molar-refractivity contribution >= 4 is 65.2 Å². The lowest BCUT2D eigenvalue weighted by atomic mass is 9.79. The molecule has 12 rings (SSSR count). The van der Waals surface area contributed by atoms with E-state index in [1.54, 1.807) is 48.5 Å². The van der Waals surface area contributed by atoms with E-state index in [1.165, 1.54) is 100 Å². The first kappa shape index (κ1) is 81.5. The maximum absolute atomic E-state index is 13.0. The molecule has 0 amide bonds. The number of nitrogens with zero attached hydrogens (tertiary/aromatic N) is 4. The van der Waals surface area contributed by atoms with Crippen LogP contribution in [0.4, 0.5) is 13.2 Å². The molecule has 100 heavy (non-hydrogen) atoms. The third-order valence-electron chi connectivity index (χ3n) is 17.9. The van der Waals surface area contributed by atoms with Crippen LogP contribution in [0.15, 0.2) is 187 Å². The predicted octanol–water partition coefficient (Wildman–Crippen LogP) is 15.8. The number of benzene rings is 6. The molecule has 532 valence electrons. The van der Waals surface area contributed by atoms with Crippen LogP contribution in [0.25, 0.3) is 11.3 Å². The molecule has 0 radical (unpaired) electrons. The first-order chi connectivity index (χ1) is 46.7. The number of likely N-dealkylation sites (tertiary alicyclic amines) is 2. The molecule has 4 aliphatic heterocycles. The van der Waals surface area contributed by atoms with Crippen LogP contribution in [0.2, 0.25) is 0 Å². The van der Waals surface area contributed by atoms with Crippen LogP contribution in [0.1, 0.15) is 155 Å². The first-order valence-corrected chi connectivity index (χ1v) is 34.3. The highest BCUT2D eigenvalue weighted by Crippen LogP contribution is 2.38. The molecule has 22 heteroatoms. The van der Waals surface area contributed by atoms with Gasteiger partial charge in [0, 0.05) is 18.4 Å². The van der Waals surface area contributed by atoms with Crippen molar-refractivity contribution in [3.05, 3.63) is 215 Å². The summed E-state index contributed by atoms with van der Waals surface area (Å²) in [5.41, 5.74) is 3.55. The van der Waals surface area contributed by atoms with Gasteiger partial charge in [-0.15, -0.1) is 0 Å². The van der Waals surface area contributed by atoms with Crippen molar-refractivity contribution in [1.29, 1.82) is 0 Å². The highest BCUT2D eigenvalue weighted by atomic mass is 79.9. The van der Waals surface area contributed by atoms with E-state index in [1.807, 2.05) is 140 Å². The van der Waals surface area contributed by atoms with Gasteiger partial charge < -0.3 is 53.0 Å². The van der Waals surface area contributed by atoms with Crippen LogP contribution in [-0.4, -0.2) is 130 Å². The van der Waals surface area contributed by atoms with E-state index in [0.29, 0.717) is 52.7 Å². The van der Waals surface area contributed by atoms with Gasteiger partial charge in [0.05, 0.1) is 28.1 Å². The summed E-state index contributed by atoms with van der Waals surface area (Å²) < 4.78 is 74.1. The van der Waals surface area contributed by atoms with Crippen molar-refractivity contribution in [1.82, 2.24) is 19.8 Å². The van der Waals surface area contributed by atoms with Crippen molar-refractivity contribution in [2.45, 2.75) is 157 Å². The van der Waals surface area contributed by atoms with Gasteiger partial charge in [-0.3, -0.25) is 9.59 Å². The molecule has 0 unspecified atom stereocenters. The lowest BCUT2D eigenvalue weighted by Gasteiger charge is -2.32. The Kier molecular flexibility index (Phi) is 31.4. The van der Waals surface area contributed by atoms with Gasteiger partial charge in [-0.1, -0.05) is 76.2 Å². The van der Waals surface area contributed by atoms with Gasteiger partial charge in [-0.05, 0) is 299 Å². The Morgan fingerprint density at radius 2 is 0.820 bits per heavy atom. The lowest BCUT2D eigenvalue weighted by molar-refractivity contribution is 0.00578. The average molecular weight is 1440 g/mol. The van der Waals surface area contributed by atoms with Crippen LogP contribution < -0.4 is 25.9 Å². The molecule has 4 saturated heterocycles. The van der Waals surface area contributed by atoms with E-state index < -0.39 is 7.12 Å². The van der Waals surface area contributed by atoms with Crippen molar-refractivity contribution < 1.29 is 66.0 Å². The monoisotopic (exact) mass is 1430 g/mol. The second kappa shape index (κ2) is 38.5. The van der Waals surface area contributed by atoms with Gasteiger partial charge in [0.25, 0.3) is 0 Å². The second-order valence-electron chi connectivity index (χ2n) is 26.5. The molecule has 3 N–H and O–H groups in total. The maximum Gasteiger partial charge on any atom is 0.494 e. The minimum Gasteiger partial charge on any atom is -0.508 e. The Bertz CT molecular complexity index is 3740. The molecular weight excluding hydrogens is 1340 g/mol. The topological polar surface area (TPSA) is 182 Å². The average Bonchev–Trinajstić information content (AvgIpc) is 1.64. The number of carbonyl (C=O) groups is 2. The number of ether oxygens (including phenoxy) is 2. The van der Waals surface area contributed by atoms with E-state index in [9.17, 15) is 27.9 Å². The lowest BCUT2D eigenvalue weighted by Crippen LogP contribution is -2.41. The van der Waals surface area contributed by atoms with Gasteiger partial charge in [-0.25, -0.2) is 23.1 Å². The number of pyridine rings is 2. The number of piperidine rings is 2. The molecule has 15 nitrogen and oxygen atoms in total. The third-order valence-corrected chi connectivity index (χ3v) is 18.4. The Hall–Kier alpha value is -7.50. The fourth-order valence-electron chi connectivity index (χ4n) is 10.8. The number of ketones is 2. The molecule has 0 saturated carbocycles. The fourth-order valence-corrected chi connectivity index (χ4v) is 11.1. The number of aromatic hydroxyl groups is 1. The number of Topliss-reactive ketones (excluding diaryl/α,β-unsaturated/α-hetero) is 2. The number of carbonyl (C=O) groups excluding carboxylic acids is 2. The van der Waals surface area contributed by atoms with E-state index in [0.717, 1.165) is 65.8 Å². The predicted molar refractivity (Wildman–Crippen MR) is 398 cm³/mol. The second-order valence-corrected chi connectivity index (χ2v) is 27.3. The molecular formula is C78H97B3BrF3N4O11. The zero-order chi connectivity index (χ0) is 70.5. The van der Waals surface area contributed by atoms with Gasteiger partial charge in [0.15, 0.2) is 11.6 Å². The quantitative estimate of drug-likeness (QED) is 0.0419. The van der Waals surface area contributed by atoms with Crippen molar-refractivity contribution in [2.75, 3.05) is 39.3 Å². The number of hydrogen-bond donors (Lipinski definition) is 3. The number of halogens is 4. The molecule has 0 bridgehead atoms. The Morgan fingerprint density at radius 3 is 1.20 bits per heavy atom. The molecule has 0 aliphatic carbocycles. The molecule has 6 aromatic carbocycles. The summed E-state index contributed by atoms with van der Waals surface area (Å²) in [7, 11) is -2.26. The SMILES string of the molecule is C.C.CC1(C)OB(c2ccc(O)cc2)OC1(C)C.CC1(C)OB(c2ccc(Oc3ccc(F)cc3)cc2)OC1(C)C.O=C(CCCN1CCCCC1)c1cccc(-c2ccc(Oc3ccc(F)cc3)cc2)n1.O=C(CCCN1CCCCC1)c1cccc(Br)n1.OB(O)c1ccc(F)cc1. The zero-order valence-corrected chi connectivity index (χ0v) is 58.9.